The van der Waals surface area contributed by atoms with Crippen LogP contribution in [0.1, 0.15) is 52.8 Å². The highest BCUT2D eigenvalue weighted by atomic mass is 16.5. The fourth-order valence-electron chi connectivity index (χ4n) is 4.28. The number of carbonyl (C=O) groups is 2. The molecule has 3 heterocycles. The minimum absolute atomic E-state index is 0.0510. The number of nitrogens with one attached hydrogen (secondary N) is 1. The second-order valence-corrected chi connectivity index (χ2v) is 8.33. The van der Waals surface area contributed by atoms with Crippen LogP contribution in [0.25, 0.3) is 5.65 Å². The Morgan fingerprint density at radius 3 is 2.78 bits per heavy atom. The van der Waals surface area contributed by atoms with Crippen LogP contribution in [0.3, 0.4) is 0 Å². The first-order chi connectivity index (χ1) is 15.6. The molecule has 1 aliphatic heterocycles. The minimum atomic E-state index is -0.0510. The molecular weight excluding hydrogens is 404 g/mol. The number of carbonyl (C=O) groups excluding carboxylic acids is 2. The number of aromatic nitrogens is 2. The third kappa shape index (κ3) is 5.28. The number of piperidine rings is 1. The number of ether oxygens (including phenoxy) is 1. The van der Waals surface area contributed by atoms with E-state index in [-0.39, 0.29) is 11.8 Å². The van der Waals surface area contributed by atoms with Crippen LogP contribution >= 0.6 is 0 Å². The monoisotopic (exact) mass is 434 g/mol. The van der Waals surface area contributed by atoms with Crippen LogP contribution in [-0.4, -0.2) is 52.8 Å². The van der Waals surface area contributed by atoms with Gasteiger partial charge in [-0.05, 0) is 55.5 Å². The van der Waals surface area contributed by atoms with Crippen LogP contribution in [0.4, 0.5) is 0 Å². The van der Waals surface area contributed by atoms with Gasteiger partial charge in [0.1, 0.15) is 11.4 Å². The Labute approximate surface area is 188 Å². The molecule has 1 aliphatic rings. The van der Waals surface area contributed by atoms with E-state index >= 15 is 0 Å². The van der Waals surface area contributed by atoms with Crippen LogP contribution in [0.15, 0.2) is 55.0 Å². The fraction of sp³-hybridized carbons (Fsp3) is 0.400. The van der Waals surface area contributed by atoms with E-state index in [4.69, 9.17) is 4.74 Å². The van der Waals surface area contributed by atoms with Crippen molar-refractivity contribution in [2.45, 2.75) is 32.1 Å². The Balaban J connectivity index is 1.14. The number of benzene rings is 1. The number of hydrogen-bond acceptors (Lipinski definition) is 4. The predicted octanol–water partition coefficient (Wildman–Crippen LogP) is 3.80. The standard InChI is InChI=1S/C25H30N4O3/c1-32-22-7-4-6-20(17-22)25(31)28-14-10-19(11-15-28)5-2-3-12-27-24(30)21-8-9-23-26-13-16-29(23)18-21/h4,6-9,13,16-19H,2-3,5,10-12,14-15H2,1H3,(H,27,30). The Hall–Kier alpha value is -3.35. The van der Waals surface area contributed by atoms with Crippen LogP contribution in [-0.2, 0) is 0 Å². The third-order valence-corrected chi connectivity index (χ3v) is 6.19. The first-order valence-corrected chi connectivity index (χ1v) is 11.3. The molecule has 1 saturated heterocycles. The molecule has 0 unspecified atom stereocenters. The number of likely N-dealkylation sites (tertiary alicyclic amines) is 1. The molecule has 3 aromatic rings. The lowest BCUT2D eigenvalue weighted by atomic mass is 9.91. The maximum atomic E-state index is 12.7. The van der Waals surface area contributed by atoms with Gasteiger partial charge >= 0.3 is 0 Å². The molecule has 0 bridgehead atoms. The average Bonchev–Trinajstić information content (AvgIpc) is 3.31. The van der Waals surface area contributed by atoms with Gasteiger partial charge < -0.3 is 19.4 Å². The molecule has 2 aromatic heterocycles. The zero-order chi connectivity index (χ0) is 22.3. The lowest BCUT2D eigenvalue weighted by Crippen LogP contribution is -2.38. The van der Waals surface area contributed by atoms with E-state index < -0.39 is 0 Å². The zero-order valence-electron chi connectivity index (χ0n) is 18.5. The van der Waals surface area contributed by atoms with Gasteiger partial charge in [-0.25, -0.2) is 4.98 Å². The lowest BCUT2D eigenvalue weighted by Gasteiger charge is -2.32. The van der Waals surface area contributed by atoms with Gasteiger partial charge in [0.05, 0.1) is 12.7 Å². The fourth-order valence-corrected chi connectivity index (χ4v) is 4.28. The molecule has 0 atom stereocenters. The number of pyridine rings is 1. The van der Waals surface area contributed by atoms with E-state index in [0.29, 0.717) is 29.3 Å². The van der Waals surface area contributed by atoms with Crippen LogP contribution in [0.5, 0.6) is 5.75 Å². The highest BCUT2D eigenvalue weighted by molar-refractivity contribution is 5.95. The molecule has 7 heteroatoms. The average molecular weight is 435 g/mol. The van der Waals surface area contributed by atoms with Crippen molar-refractivity contribution in [3.05, 3.63) is 66.1 Å². The normalized spacial score (nSPS) is 14.5. The smallest absolute Gasteiger partial charge is 0.253 e. The summed E-state index contributed by atoms with van der Waals surface area (Å²) < 4.78 is 7.07. The maximum absolute atomic E-state index is 12.7. The van der Waals surface area contributed by atoms with E-state index in [1.807, 2.05) is 39.8 Å². The molecule has 7 nitrogen and oxygen atoms in total. The number of hydrogen-bond donors (Lipinski definition) is 1. The van der Waals surface area contributed by atoms with Crippen molar-refractivity contribution in [3.63, 3.8) is 0 Å². The van der Waals surface area contributed by atoms with Gasteiger partial charge in [0.15, 0.2) is 0 Å². The number of fused-ring (bicyclic) bond motifs is 1. The maximum Gasteiger partial charge on any atom is 0.253 e. The second kappa shape index (κ2) is 10.3. The van der Waals surface area contributed by atoms with Crippen molar-refractivity contribution in [3.8, 4) is 5.75 Å². The summed E-state index contributed by atoms with van der Waals surface area (Å²) in [7, 11) is 1.61. The van der Waals surface area contributed by atoms with Crippen LogP contribution < -0.4 is 10.1 Å². The van der Waals surface area contributed by atoms with Gasteiger partial charge in [-0.15, -0.1) is 0 Å². The van der Waals surface area contributed by atoms with Crippen molar-refractivity contribution in [1.29, 1.82) is 0 Å². The second-order valence-electron chi connectivity index (χ2n) is 8.33. The van der Waals surface area contributed by atoms with E-state index in [2.05, 4.69) is 10.3 Å². The summed E-state index contributed by atoms with van der Waals surface area (Å²) in [6, 6.07) is 11.0. The molecule has 1 fully saturated rings. The molecular formula is C25H30N4O3. The van der Waals surface area contributed by atoms with E-state index in [9.17, 15) is 9.59 Å². The predicted molar refractivity (Wildman–Crippen MR) is 123 cm³/mol. The summed E-state index contributed by atoms with van der Waals surface area (Å²) in [5, 5.41) is 3.01. The Morgan fingerprint density at radius 1 is 1.12 bits per heavy atom. The van der Waals surface area contributed by atoms with Crippen molar-refractivity contribution in [2.75, 3.05) is 26.7 Å². The Bertz CT molecular complexity index is 1070. The summed E-state index contributed by atoms with van der Waals surface area (Å²) >= 11 is 0. The minimum Gasteiger partial charge on any atom is -0.497 e. The number of rotatable bonds is 8. The number of unbranched alkanes of at least 4 members (excludes halogenated alkanes) is 1. The summed E-state index contributed by atoms with van der Waals surface area (Å²) in [4.78, 5) is 31.2. The number of methoxy groups -OCH3 is 1. The van der Waals surface area contributed by atoms with E-state index in [1.165, 1.54) is 0 Å². The molecule has 4 rings (SSSR count). The summed E-state index contributed by atoms with van der Waals surface area (Å²) in [5.74, 6) is 1.38. The van der Waals surface area contributed by atoms with Crippen molar-refractivity contribution in [1.82, 2.24) is 19.6 Å². The van der Waals surface area contributed by atoms with Gasteiger partial charge in [-0.3, -0.25) is 9.59 Å². The first-order valence-electron chi connectivity index (χ1n) is 11.3. The van der Waals surface area contributed by atoms with E-state index in [0.717, 1.165) is 50.8 Å². The summed E-state index contributed by atoms with van der Waals surface area (Å²) in [6.07, 6.45) is 10.6. The van der Waals surface area contributed by atoms with Gasteiger partial charge in [0.2, 0.25) is 0 Å². The molecule has 1 aromatic carbocycles. The number of imidazole rings is 1. The molecule has 32 heavy (non-hydrogen) atoms. The third-order valence-electron chi connectivity index (χ3n) is 6.19. The summed E-state index contributed by atoms with van der Waals surface area (Å²) in [6.45, 7) is 2.27. The SMILES string of the molecule is COc1cccc(C(=O)N2CCC(CCCCNC(=O)c3ccc4nccn4c3)CC2)c1. The van der Waals surface area contributed by atoms with Gasteiger partial charge in [-0.1, -0.05) is 18.9 Å². The topological polar surface area (TPSA) is 75.9 Å². The zero-order valence-corrected chi connectivity index (χ0v) is 18.5. The molecule has 0 saturated carbocycles. The number of nitrogens with zero attached hydrogens (tertiary/aromatic N) is 3. The molecule has 0 spiro atoms. The lowest BCUT2D eigenvalue weighted by molar-refractivity contribution is 0.0685. The van der Waals surface area contributed by atoms with Gasteiger partial charge in [-0.2, -0.15) is 0 Å². The largest absolute Gasteiger partial charge is 0.497 e. The Kier molecular flexibility index (Phi) is 7.04. The van der Waals surface area contributed by atoms with Crippen molar-refractivity contribution in [2.24, 2.45) is 5.92 Å². The van der Waals surface area contributed by atoms with Crippen LogP contribution in [0.2, 0.25) is 0 Å². The Morgan fingerprint density at radius 2 is 1.97 bits per heavy atom. The summed E-state index contributed by atoms with van der Waals surface area (Å²) in [5.41, 5.74) is 2.16. The highest BCUT2D eigenvalue weighted by Gasteiger charge is 2.23. The molecule has 168 valence electrons. The number of amides is 2. The van der Waals surface area contributed by atoms with E-state index in [1.54, 1.807) is 31.6 Å². The molecule has 1 N–H and O–H groups in total. The molecule has 0 radical (unpaired) electrons. The highest BCUT2D eigenvalue weighted by Crippen LogP contribution is 2.24. The van der Waals surface area contributed by atoms with Gasteiger partial charge in [0, 0.05) is 43.8 Å². The molecule has 0 aliphatic carbocycles. The molecule has 2 amide bonds. The first kappa shape index (κ1) is 21.9. The van der Waals surface area contributed by atoms with Crippen LogP contribution in [0, 0.1) is 5.92 Å². The van der Waals surface area contributed by atoms with Crippen molar-refractivity contribution >= 4 is 17.5 Å². The quantitative estimate of drug-likeness (QED) is 0.547. The van der Waals surface area contributed by atoms with Crippen molar-refractivity contribution < 1.29 is 14.3 Å². The van der Waals surface area contributed by atoms with Gasteiger partial charge in [0.25, 0.3) is 11.8 Å².